The molecule has 1 aliphatic heterocycles. The fraction of sp³-hybridized carbons (Fsp3) is 0.350. The molecule has 3 rings (SSSR count). The molecule has 1 aromatic heterocycles. The lowest BCUT2D eigenvalue weighted by Gasteiger charge is -2.19. The first-order chi connectivity index (χ1) is 14.1. The molecule has 0 spiro atoms. The molecule has 1 aromatic carbocycles. The number of anilines is 1. The van der Waals surface area contributed by atoms with Crippen molar-refractivity contribution in [3.05, 3.63) is 47.5 Å². The van der Waals surface area contributed by atoms with E-state index < -0.39 is 36.0 Å². The first-order valence-electron chi connectivity index (χ1n) is 9.34. The van der Waals surface area contributed by atoms with Crippen molar-refractivity contribution in [1.82, 2.24) is 19.8 Å². The van der Waals surface area contributed by atoms with Gasteiger partial charge in [-0.05, 0) is 32.9 Å². The van der Waals surface area contributed by atoms with Crippen molar-refractivity contribution in [2.75, 3.05) is 18.8 Å². The van der Waals surface area contributed by atoms with E-state index in [1.54, 1.807) is 26.8 Å². The molecule has 3 amide bonds. The number of nitrogens with one attached hydrogen (secondary N) is 1. The molecule has 0 radical (unpaired) electrons. The fourth-order valence-corrected chi connectivity index (χ4v) is 2.94. The van der Waals surface area contributed by atoms with Gasteiger partial charge in [0.1, 0.15) is 18.5 Å². The highest BCUT2D eigenvalue weighted by atomic mass is 16.6. The number of fused-ring (bicyclic) bond motifs is 1. The maximum absolute atomic E-state index is 12.4. The second-order valence-electron chi connectivity index (χ2n) is 7.82. The number of nitrogens with two attached hydrogens (primary N) is 1. The van der Waals surface area contributed by atoms with Crippen molar-refractivity contribution in [1.29, 1.82) is 0 Å². The Labute approximate surface area is 173 Å². The largest absolute Gasteiger partial charge is 0.443 e. The number of hydrogen-bond donors (Lipinski definition) is 2. The second kappa shape index (κ2) is 7.97. The van der Waals surface area contributed by atoms with Crippen LogP contribution in [0.15, 0.2) is 30.7 Å². The predicted molar refractivity (Wildman–Crippen MR) is 107 cm³/mol. The Balaban J connectivity index is 1.51. The summed E-state index contributed by atoms with van der Waals surface area (Å²) in [6.07, 6.45) is 2.67. The summed E-state index contributed by atoms with van der Waals surface area (Å²) in [6.45, 7) is 5.11. The minimum Gasteiger partial charge on any atom is -0.443 e. The van der Waals surface area contributed by atoms with Gasteiger partial charge in [-0.1, -0.05) is 6.07 Å². The lowest BCUT2D eigenvalue weighted by atomic mass is 10.1. The zero-order chi connectivity index (χ0) is 22.1. The van der Waals surface area contributed by atoms with E-state index in [2.05, 4.69) is 10.3 Å². The van der Waals surface area contributed by atoms with Gasteiger partial charge >= 0.3 is 6.09 Å². The van der Waals surface area contributed by atoms with Crippen molar-refractivity contribution in [2.45, 2.75) is 32.8 Å². The standard InChI is InChI=1S/C20H23N5O5/c1-20(2,3)30-19(29)24-9-12(23-11-24)7-8-22-15(26)10-25-17(27)13-5-4-6-14(21)16(13)18(25)28/h4-6,9,11H,7-8,10,21H2,1-3H3,(H,22,26). The summed E-state index contributed by atoms with van der Waals surface area (Å²) in [6, 6.07) is 4.62. The number of aromatic nitrogens is 2. The minimum atomic E-state index is -0.621. The summed E-state index contributed by atoms with van der Waals surface area (Å²) < 4.78 is 6.47. The van der Waals surface area contributed by atoms with E-state index in [1.165, 1.54) is 29.2 Å². The summed E-state index contributed by atoms with van der Waals surface area (Å²) in [4.78, 5) is 53.9. The topological polar surface area (TPSA) is 137 Å². The van der Waals surface area contributed by atoms with Crippen LogP contribution in [0.2, 0.25) is 0 Å². The third-order valence-corrected chi connectivity index (χ3v) is 4.28. The monoisotopic (exact) mass is 413 g/mol. The van der Waals surface area contributed by atoms with E-state index in [4.69, 9.17) is 10.5 Å². The van der Waals surface area contributed by atoms with E-state index in [-0.39, 0.29) is 23.4 Å². The molecule has 2 heterocycles. The fourth-order valence-electron chi connectivity index (χ4n) is 2.94. The molecule has 0 saturated carbocycles. The smallest absolute Gasteiger partial charge is 0.419 e. The van der Waals surface area contributed by atoms with Crippen molar-refractivity contribution >= 4 is 29.5 Å². The molecule has 2 aromatic rings. The molecule has 30 heavy (non-hydrogen) atoms. The maximum atomic E-state index is 12.4. The molecule has 3 N–H and O–H groups in total. The first kappa shape index (κ1) is 21.0. The van der Waals surface area contributed by atoms with Crippen LogP contribution in [0, 0.1) is 0 Å². The van der Waals surface area contributed by atoms with Crippen LogP contribution < -0.4 is 11.1 Å². The molecular formula is C20H23N5O5. The molecule has 1 aliphatic rings. The summed E-state index contributed by atoms with van der Waals surface area (Å²) in [7, 11) is 0. The van der Waals surface area contributed by atoms with Crippen LogP contribution in [0.4, 0.5) is 10.5 Å². The van der Waals surface area contributed by atoms with Gasteiger partial charge in [0.25, 0.3) is 11.8 Å². The van der Waals surface area contributed by atoms with Crippen molar-refractivity contribution in [3.63, 3.8) is 0 Å². The predicted octanol–water partition coefficient (Wildman–Crippen LogP) is 1.20. The second-order valence-corrected chi connectivity index (χ2v) is 7.82. The molecular weight excluding hydrogens is 390 g/mol. The van der Waals surface area contributed by atoms with E-state index in [1.807, 2.05) is 0 Å². The molecule has 0 fully saturated rings. The molecule has 0 atom stereocenters. The number of rotatable bonds is 5. The van der Waals surface area contributed by atoms with Crippen LogP contribution in [0.3, 0.4) is 0 Å². The Bertz CT molecular complexity index is 1020. The van der Waals surface area contributed by atoms with Crippen molar-refractivity contribution in [2.24, 2.45) is 0 Å². The average molecular weight is 413 g/mol. The Hall–Kier alpha value is -3.69. The van der Waals surface area contributed by atoms with E-state index in [0.717, 1.165) is 4.90 Å². The van der Waals surface area contributed by atoms with Crippen LogP contribution in [-0.2, 0) is 16.0 Å². The van der Waals surface area contributed by atoms with Crippen LogP contribution in [0.5, 0.6) is 0 Å². The number of nitrogen functional groups attached to an aromatic ring is 1. The third kappa shape index (κ3) is 4.48. The summed E-state index contributed by atoms with van der Waals surface area (Å²) in [5.41, 5.74) is 6.26. The molecule has 10 heteroatoms. The molecule has 158 valence electrons. The van der Waals surface area contributed by atoms with Gasteiger partial charge in [0.05, 0.1) is 16.8 Å². The van der Waals surface area contributed by atoms with Crippen molar-refractivity contribution < 1.29 is 23.9 Å². The van der Waals surface area contributed by atoms with Crippen LogP contribution in [-0.4, -0.2) is 57.0 Å². The van der Waals surface area contributed by atoms with Gasteiger partial charge < -0.3 is 15.8 Å². The molecule has 10 nitrogen and oxygen atoms in total. The number of nitrogens with zero attached hydrogens (tertiary/aromatic N) is 3. The summed E-state index contributed by atoms with van der Waals surface area (Å²) in [5, 5.41) is 2.64. The van der Waals surface area contributed by atoms with Crippen LogP contribution in [0.1, 0.15) is 47.2 Å². The van der Waals surface area contributed by atoms with Crippen LogP contribution in [0.25, 0.3) is 0 Å². The zero-order valence-electron chi connectivity index (χ0n) is 17.0. The van der Waals surface area contributed by atoms with Gasteiger partial charge in [-0.3, -0.25) is 19.3 Å². The van der Waals surface area contributed by atoms with Crippen molar-refractivity contribution in [3.8, 4) is 0 Å². The highest BCUT2D eigenvalue weighted by Gasteiger charge is 2.37. The first-order valence-corrected chi connectivity index (χ1v) is 9.34. The maximum Gasteiger partial charge on any atom is 0.419 e. The van der Waals surface area contributed by atoms with Gasteiger partial charge in [-0.2, -0.15) is 0 Å². The minimum absolute atomic E-state index is 0.128. The SMILES string of the molecule is CC(C)(C)OC(=O)n1cnc(CCNC(=O)CN2C(=O)c3cccc(N)c3C2=O)c1. The van der Waals surface area contributed by atoms with E-state index >= 15 is 0 Å². The number of ether oxygens (including phenoxy) is 1. The number of benzene rings is 1. The zero-order valence-corrected chi connectivity index (χ0v) is 17.0. The Kier molecular flexibility index (Phi) is 5.59. The molecule has 0 saturated heterocycles. The lowest BCUT2D eigenvalue weighted by molar-refractivity contribution is -0.121. The molecule has 0 bridgehead atoms. The number of carbonyl (C=O) groups is 4. The number of hydrogen-bond acceptors (Lipinski definition) is 7. The van der Waals surface area contributed by atoms with E-state index in [9.17, 15) is 19.2 Å². The number of amides is 3. The Morgan fingerprint density at radius 2 is 1.93 bits per heavy atom. The molecule has 0 unspecified atom stereocenters. The lowest BCUT2D eigenvalue weighted by Crippen LogP contribution is -2.40. The van der Waals surface area contributed by atoms with Gasteiger partial charge in [0.2, 0.25) is 5.91 Å². The number of imidazole rings is 1. The molecule has 0 aliphatic carbocycles. The highest BCUT2D eigenvalue weighted by Crippen LogP contribution is 2.27. The van der Waals surface area contributed by atoms with E-state index in [0.29, 0.717) is 12.1 Å². The normalized spacial score (nSPS) is 13.4. The Morgan fingerprint density at radius 3 is 2.60 bits per heavy atom. The number of imide groups is 1. The van der Waals surface area contributed by atoms with Gasteiger partial charge in [-0.25, -0.2) is 14.3 Å². The third-order valence-electron chi connectivity index (χ3n) is 4.28. The van der Waals surface area contributed by atoms with Gasteiger partial charge in [0.15, 0.2) is 0 Å². The Morgan fingerprint density at radius 1 is 1.20 bits per heavy atom. The van der Waals surface area contributed by atoms with Gasteiger partial charge in [-0.15, -0.1) is 0 Å². The highest BCUT2D eigenvalue weighted by molar-refractivity contribution is 6.24. The quantitative estimate of drug-likeness (QED) is 0.555. The average Bonchev–Trinajstić information content (AvgIpc) is 3.20. The summed E-state index contributed by atoms with van der Waals surface area (Å²) >= 11 is 0. The van der Waals surface area contributed by atoms with Crippen LogP contribution >= 0.6 is 0 Å². The summed E-state index contributed by atoms with van der Waals surface area (Å²) in [5.74, 6) is -1.62. The number of carbonyl (C=O) groups excluding carboxylic acids is 4. The van der Waals surface area contributed by atoms with Gasteiger partial charge in [0, 0.05) is 24.8 Å².